The predicted octanol–water partition coefficient (Wildman–Crippen LogP) is 4.19. The van der Waals surface area contributed by atoms with E-state index in [9.17, 15) is 4.39 Å². The van der Waals surface area contributed by atoms with Crippen LogP contribution in [0.15, 0.2) is 34.9 Å². The van der Waals surface area contributed by atoms with E-state index < -0.39 is 0 Å². The first-order chi connectivity index (χ1) is 9.60. The van der Waals surface area contributed by atoms with Gasteiger partial charge in [0.25, 0.3) is 0 Å². The van der Waals surface area contributed by atoms with Crippen LogP contribution in [-0.4, -0.2) is 11.5 Å². The second-order valence-corrected chi connectivity index (χ2v) is 5.33. The minimum Gasteiger partial charge on any atom is -0.439 e. The molecular formula is C15H16BrFN2O. The van der Waals surface area contributed by atoms with Crippen molar-refractivity contribution in [2.75, 3.05) is 6.54 Å². The Labute approximate surface area is 126 Å². The van der Waals surface area contributed by atoms with Crippen LogP contribution in [0, 0.1) is 12.7 Å². The van der Waals surface area contributed by atoms with Crippen molar-refractivity contribution in [3.05, 3.63) is 51.9 Å². The minimum atomic E-state index is -0.284. The van der Waals surface area contributed by atoms with Gasteiger partial charge in [-0.1, -0.05) is 13.0 Å². The van der Waals surface area contributed by atoms with E-state index in [4.69, 9.17) is 4.74 Å². The first-order valence-corrected chi connectivity index (χ1v) is 7.18. The highest BCUT2D eigenvalue weighted by Gasteiger charge is 2.09. The number of halogens is 2. The Morgan fingerprint density at radius 3 is 2.85 bits per heavy atom. The minimum absolute atomic E-state index is 0.284. The lowest BCUT2D eigenvalue weighted by Gasteiger charge is -2.11. The van der Waals surface area contributed by atoms with Crippen LogP contribution in [0.1, 0.15) is 18.1 Å². The molecule has 1 N–H and O–H groups in total. The predicted molar refractivity (Wildman–Crippen MR) is 80.5 cm³/mol. The van der Waals surface area contributed by atoms with E-state index in [1.165, 1.54) is 6.07 Å². The molecule has 2 rings (SSSR count). The topological polar surface area (TPSA) is 34.2 Å². The average Bonchev–Trinajstić information content (AvgIpc) is 2.43. The summed E-state index contributed by atoms with van der Waals surface area (Å²) < 4.78 is 20.1. The Hall–Kier alpha value is -1.46. The Bertz CT molecular complexity index is 604. The molecule has 0 radical (unpaired) electrons. The van der Waals surface area contributed by atoms with Gasteiger partial charge in [-0.15, -0.1) is 0 Å². The van der Waals surface area contributed by atoms with Gasteiger partial charge in [0, 0.05) is 28.8 Å². The molecule has 0 spiro atoms. The Morgan fingerprint density at radius 2 is 2.15 bits per heavy atom. The molecule has 0 unspecified atom stereocenters. The summed E-state index contributed by atoms with van der Waals surface area (Å²) in [6.45, 7) is 5.24. The maximum absolute atomic E-state index is 13.5. The van der Waals surface area contributed by atoms with Gasteiger partial charge in [0.1, 0.15) is 11.6 Å². The van der Waals surface area contributed by atoms with Gasteiger partial charge >= 0.3 is 0 Å². The molecule has 1 aromatic heterocycles. The maximum atomic E-state index is 13.5. The van der Waals surface area contributed by atoms with Crippen molar-refractivity contribution in [3.8, 4) is 11.6 Å². The number of rotatable bonds is 5. The highest BCUT2D eigenvalue weighted by Crippen LogP contribution is 2.26. The zero-order valence-electron chi connectivity index (χ0n) is 11.4. The van der Waals surface area contributed by atoms with E-state index in [1.807, 2.05) is 13.0 Å². The number of benzene rings is 1. The number of hydrogen-bond acceptors (Lipinski definition) is 3. The molecule has 0 bridgehead atoms. The summed E-state index contributed by atoms with van der Waals surface area (Å²) in [5.41, 5.74) is 1.51. The number of pyridine rings is 1. The van der Waals surface area contributed by atoms with Gasteiger partial charge in [0.15, 0.2) is 0 Å². The molecule has 106 valence electrons. The second-order valence-electron chi connectivity index (χ2n) is 4.41. The molecule has 0 saturated carbocycles. The summed E-state index contributed by atoms with van der Waals surface area (Å²) in [6, 6.07) is 6.73. The average molecular weight is 339 g/mol. The van der Waals surface area contributed by atoms with Crippen LogP contribution in [0.3, 0.4) is 0 Å². The zero-order valence-corrected chi connectivity index (χ0v) is 13.0. The standard InChI is InChI=1S/C15H16BrFN2O/c1-3-18-8-11-6-12(16)9-19-15(11)20-13-5-4-10(2)14(17)7-13/h4-7,9,18H,3,8H2,1-2H3. The van der Waals surface area contributed by atoms with Crippen LogP contribution in [0.5, 0.6) is 11.6 Å². The number of aryl methyl sites for hydroxylation is 1. The van der Waals surface area contributed by atoms with Crippen molar-refractivity contribution in [1.29, 1.82) is 0 Å². The van der Waals surface area contributed by atoms with Crippen LogP contribution < -0.4 is 10.1 Å². The van der Waals surface area contributed by atoms with Crippen LogP contribution in [0.25, 0.3) is 0 Å². The fourth-order valence-electron chi connectivity index (χ4n) is 1.70. The van der Waals surface area contributed by atoms with Crippen LogP contribution in [0.2, 0.25) is 0 Å². The van der Waals surface area contributed by atoms with Crippen molar-refractivity contribution >= 4 is 15.9 Å². The zero-order chi connectivity index (χ0) is 14.5. The molecule has 0 aliphatic carbocycles. The summed E-state index contributed by atoms with van der Waals surface area (Å²) in [5, 5.41) is 3.22. The fraction of sp³-hybridized carbons (Fsp3) is 0.267. The molecule has 20 heavy (non-hydrogen) atoms. The molecule has 0 saturated heterocycles. The normalized spacial score (nSPS) is 10.6. The summed E-state index contributed by atoms with van der Waals surface area (Å²) >= 11 is 3.39. The number of nitrogens with zero attached hydrogens (tertiary/aromatic N) is 1. The van der Waals surface area contributed by atoms with Crippen molar-refractivity contribution < 1.29 is 9.13 Å². The smallest absolute Gasteiger partial charge is 0.223 e. The molecule has 1 aromatic carbocycles. The summed E-state index contributed by atoms with van der Waals surface area (Å²) in [7, 11) is 0. The Kier molecular flexibility index (Phi) is 5.09. The summed E-state index contributed by atoms with van der Waals surface area (Å²) in [5.74, 6) is 0.644. The Balaban J connectivity index is 2.25. The van der Waals surface area contributed by atoms with Gasteiger partial charge in [-0.05, 0) is 47.1 Å². The third kappa shape index (κ3) is 3.77. The molecular weight excluding hydrogens is 323 g/mol. The van der Waals surface area contributed by atoms with Gasteiger partial charge in [-0.3, -0.25) is 0 Å². The number of ether oxygens (including phenoxy) is 1. The third-order valence-electron chi connectivity index (χ3n) is 2.82. The van der Waals surface area contributed by atoms with E-state index in [0.717, 1.165) is 16.6 Å². The van der Waals surface area contributed by atoms with Crippen molar-refractivity contribution in [3.63, 3.8) is 0 Å². The summed E-state index contributed by atoms with van der Waals surface area (Å²) in [6.07, 6.45) is 1.66. The Morgan fingerprint density at radius 1 is 1.35 bits per heavy atom. The number of aromatic nitrogens is 1. The van der Waals surface area contributed by atoms with Gasteiger partial charge in [0.2, 0.25) is 5.88 Å². The van der Waals surface area contributed by atoms with E-state index in [0.29, 0.717) is 23.7 Å². The largest absolute Gasteiger partial charge is 0.439 e. The van der Waals surface area contributed by atoms with Gasteiger partial charge in [0.05, 0.1) is 0 Å². The van der Waals surface area contributed by atoms with Crippen molar-refractivity contribution in [1.82, 2.24) is 10.3 Å². The molecule has 5 heteroatoms. The van der Waals surface area contributed by atoms with E-state index in [2.05, 4.69) is 26.2 Å². The lowest BCUT2D eigenvalue weighted by Crippen LogP contribution is -2.13. The second kappa shape index (κ2) is 6.81. The number of hydrogen-bond donors (Lipinski definition) is 1. The molecule has 2 aromatic rings. The van der Waals surface area contributed by atoms with Crippen molar-refractivity contribution in [2.45, 2.75) is 20.4 Å². The lowest BCUT2D eigenvalue weighted by atomic mass is 10.2. The molecule has 0 aliphatic rings. The molecule has 0 aliphatic heterocycles. The molecule has 1 heterocycles. The monoisotopic (exact) mass is 338 g/mol. The molecule has 3 nitrogen and oxygen atoms in total. The molecule has 0 amide bonds. The summed E-state index contributed by atoms with van der Waals surface area (Å²) in [4.78, 5) is 4.25. The molecule has 0 atom stereocenters. The van der Waals surface area contributed by atoms with Crippen LogP contribution in [0.4, 0.5) is 4.39 Å². The van der Waals surface area contributed by atoms with E-state index in [1.54, 1.807) is 25.3 Å². The van der Waals surface area contributed by atoms with Crippen molar-refractivity contribution in [2.24, 2.45) is 0 Å². The van der Waals surface area contributed by atoms with Gasteiger partial charge < -0.3 is 10.1 Å². The maximum Gasteiger partial charge on any atom is 0.223 e. The first-order valence-electron chi connectivity index (χ1n) is 6.39. The van der Waals surface area contributed by atoms with Gasteiger partial charge in [-0.25, -0.2) is 9.37 Å². The molecule has 0 fully saturated rings. The number of nitrogens with one attached hydrogen (secondary N) is 1. The fourth-order valence-corrected chi connectivity index (χ4v) is 2.07. The highest BCUT2D eigenvalue weighted by molar-refractivity contribution is 9.10. The van der Waals surface area contributed by atoms with Crippen LogP contribution >= 0.6 is 15.9 Å². The van der Waals surface area contributed by atoms with E-state index >= 15 is 0 Å². The first kappa shape index (κ1) is 14.9. The van der Waals surface area contributed by atoms with Crippen LogP contribution in [-0.2, 0) is 6.54 Å². The van der Waals surface area contributed by atoms with E-state index in [-0.39, 0.29) is 5.82 Å². The lowest BCUT2D eigenvalue weighted by molar-refractivity contribution is 0.448. The SMILES string of the molecule is CCNCc1cc(Br)cnc1Oc1ccc(C)c(F)c1. The quantitative estimate of drug-likeness (QED) is 0.887. The highest BCUT2D eigenvalue weighted by atomic mass is 79.9. The third-order valence-corrected chi connectivity index (χ3v) is 3.25. The van der Waals surface area contributed by atoms with Gasteiger partial charge in [-0.2, -0.15) is 0 Å².